The van der Waals surface area contributed by atoms with Crippen molar-refractivity contribution in [1.82, 2.24) is 5.32 Å². The Morgan fingerprint density at radius 2 is 2.05 bits per heavy atom. The van der Waals surface area contributed by atoms with Crippen molar-refractivity contribution in [1.29, 1.82) is 0 Å². The summed E-state index contributed by atoms with van der Waals surface area (Å²) in [6, 6.07) is 4.16. The van der Waals surface area contributed by atoms with Crippen molar-refractivity contribution in [3.63, 3.8) is 0 Å². The van der Waals surface area contributed by atoms with Gasteiger partial charge in [0.1, 0.15) is 5.60 Å². The second-order valence-electron chi connectivity index (χ2n) is 5.77. The van der Waals surface area contributed by atoms with Gasteiger partial charge in [-0.05, 0) is 26.8 Å². The van der Waals surface area contributed by atoms with Crippen molar-refractivity contribution in [2.75, 3.05) is 6.54 Å². The summed E-state index contributed by atoms with van der Waals surface area (Å²) in [5.74, 6) is 0.782. The quantitative estimate of drug-likeness (QED) is 0.677. The standard InChI is InChI=1S/C14H18N2O6/c1-14(2,3)22-13(17)15-7-6-12-20-10-5-4-9(16(18)19)8-11(10)21-12/h4-5,8,12H,6-7H2,1-3H3,(H,15,17). The number of nitro benzene ring substituents is 1. The molecule has 22 heavy (non-hydrogen) atoms. The molecule has 0 radical (unpaired) electrons. The number of benzene rings is 1. The fourth-order valence-electron chi connectivity index (χ4n) is 1.83. The number of nitrogens with zero attached hydrogens (tertiary/aromatic N) is 1. The van der Waals surface area contributed by atoms with Crippen LogP contribution in [0.4, 0.5) is 10.5 Å². The van der Waals surface area contributed by atoms with Gasteiger partial charge in [0.2, 0.25) is 6.29 Å². The van der Waals surface area contributed by atoms with E-state index in [0.717, 1.165) is 0 Å². The first-order chi connectivity index (χ1) is 10.2. The number of fused-ring (bicyclic) bond motifs is 1. The molecule has 0 spiro atoms. The van der Waals surface area contributed by atoms with Crippen molar-refractivity contribution in [2.24, 2.45) is 0 Å². The maximum atomic E-state index is 11.5. The Labute approximate surface area is 127 Å². The van der Waals surface area contributed by atoms with Crippen LogP contribution in [-0.4, -0.2) is 29.5 Å². The molecule has 0 aliphatic carbocycles. The number of hydrogen-bond acceptors (Lipinski definition) is 6. The molecule has 1 unspecified atom stereocenters. The summed E-state index contributed by atoms with van der Waals surface area (Å²) >= 11 is 0. The summed E-state index contributed by atoms with van der Waals surface area (Å²) in [6.45, 7) is 5.63. The topological polar surface area (TPSA) is 99.9 Å². The minimum atomic E-state index is -0.591. The summed E-state index contributed by atoms with van der Waals surface area (Å²) in [5, 5.41) is 13.3. The Morgan fingerprint density at radius 1 is 1.36 bits per heavy atom. The first-order valence-corrected chi connectivity index (χ1v) is 6.83. The van der Waals surface area contributed by atoms with E-state index in [9.17, 15) is 14.9 Å². The van der Waals surface area contributed by atoms with E-state index in [-0.39, 0.29) is 5.69 Å². The molecule has 1 atom stereocenters. The summed E-state index contributed by atoms with van der Waals surface area (Å²) in [4.78, 5) is 21.7. The fraction of sp³-hybridized carbons (Fsp3) is 0.500. The average molecular weight is 310 g/mol. The second-order valence-corrected chi connectivity index (χ2v) is 5.77. The molecule has 1 aromatic carbocycles. The van der Waals surface area contributed by atoms with Gasteiger partial charge in [-0.3, -0.25) is 10.1 Å². The smallest absolute Gasteiger partial charge is 0.407 e. The van der Waals surface area contributed by atoms with Crippen LogP contribution < -0.4 is 14.8 Å². The Kier molecular flexibility index (Phi) is 4.39. The number of carbonyl (C=O) groups is 1. The van der Waals surface area contributed by atoms with Gasteiger partial charge in [-0.2, -0.15) is 0 Å². The van der Waals surface area contributed by atoms with E-state index in [1.165, 1.54) is 18.2 Å². The molecule has 2 rings (SSSR count). The van der Waals surface area contributed by atoms with Crippen LogP contribution in [0.5, 0.6) is 11.5 Å². The lowest BCUT2D eigenvalue weighted by atomic mass is 10.2. The molecule has 0 aromatic heterocycles. The average Bonchev–Trinajstić information content (AvgIpc) is 2.77. The van der Waals surface area contributed by atoms with Crippen molar-refractivity contribution in [3.05, 3.63) is 28.3 Å². The number of amides is 1. The van der Waals surface area contributed by atoms with Gasteiger partial charge < -0.3 is 19.5 Å². The molecular weight excluding hydrogens is 292 g/mol. The Bertz CT molecular complexity index is 581. The highest BCUT2D eigenvalue weighted by molar-refractivity contribution is 5.67. The maximum Gasteiger partial charge on any atom is 0.407 e. The Morgan fingerprint density at radius 3 is 2.68 bits per heavy atom. The van der Waals surface area contributed by atoms with Gasteiger partial charge in [-0.25, -0.2) is 4.79 Å². The van der Waals surface area contributed by atoms with Gasteiger partial charge in [0.25, 0.3) is 5.69 Å². The van der Waals surface area contributed by atoms with E-state index in [0.29, 0.717) is 24.5 Å². The zero-order valence-corrected chi connectivity index (χ0v) is 12.6. The van der Waals surface area contributed by atoms with E-state index in [1.807, 2.05) is 0 Å². The summed E-state index contributed by atoms with van der Waals surface area (Å²) in [5.41, 5.74) is -0.616. The van der Waals surface area contributed by atoms with Crippen LogP contribution in [0.2, 0.25) is 0 Å². The van der Waals surface area contributed by atoms with E-state index in [1.54, 1.807) is 20.8 Å². The van der Waals surface area contributed by atoms with Gasteiger partial charge >= 0.3 is 6.09 Å². The molecule has 1 heterocycles. The van der Waals surface area contributed by atoms with E-state index < -0.39 is 22.9 Å². The number of non-ortho nitro benzene ring substituents is 1. The van der Waals surface area contributed by atoms with Crippen molar-refractivity contribution < 1.29 is 23.9 Å². The third kappa shape index (κ3) is 4.24. The van der Waals surface area contributed by atoms with Crippen LogP contribution >= 0.6 is 0 Å². The molecule has 1 aliphatic heterocycles. The van der Waals surface area contributed by atoms with Crippen molar-refractivity contribution in [3.8, 4) is 11.5 Å². The molecule has 0 bridgehead atoms. The van der Waals surface area contributed by atoms with E-state index in [4.69, 9.17) is 14.2 Å². The van der Waals surface area contributed by atoms with Gasteiger partial charge in [-0.15, -0.1) is 0 Å². The molecule has 0 fully saturated rings. The van der Waals surface area contributed by atoms with Crippen LogP contribution in [0.25, 0.3) is 0 Å². The number of carbonyl (C=O) groups excluding carboxylic acids is 1. The molecular formula is C14H18N2O6. The predicted molar refractivity (Wildman–Crippen MR) is 77.0 cm³/mol. The maximum absolute atomic E-state index is 11.5. The van der Waals surface area contributed by atoms with Gasteiger partial charge in [-0.1, -0.05) is 0 Å². The largest absolute Gasteiger partial charge is 0.451 e. The normalized spacial score (nSPS) is 16.2. The zero-order valence-electron chi connectivity index (χ0n) is 12.6. The lowest BCUT2D eigenvalue weighted by Gasteiger charge is -2.20. The molecule has 0 saturated heterocycles. The van der Waals surface area contributed by atoms with Crippen LogP contribution in [0.3, 0.4) is 0 Å². The fourth-order valence-corrected chi connectivity index (χ4v) is 1.83. The van der Waals surface area contributed by atoms with Crippen LogP contribution in [0.1, 0.15) is 27.2 Å². The molecule has 1 aromatic rings. The van der Waals surface area contributed by atoms with Crippen molar-refractivity contribution in [2.45, 2.75) is 39.1 Å². The zero-order chi connectivity index (χ0) is 16.3. The van der Waals surface area contributed by atoms with Crippen LogP contribution in [0.15, 0.2) is 18.2 Å². The van der Waals surface area contributed by atoms with E-state index in [2.05, 4.69) is 5.32 Å². The number of alkyl carbamates (subject to hydrolysis) is 1. The molecule has 1 aliphatic rings. The van der Waals surface area contributed by atoms with Crippen molar-refractivity contribution >= 4 is 11.8 Å². The van der Waals surface area contributed by atoms with Gasteiger partial charge in [0, 0.05) is 19.0 Å². The predicted octanol–water partition coefficient (Wildman–Crippen LogP) is 2.61. The summed E-state index contributed by atoms with van der Waals surface area (Å²) in [6.07, 6.45) is -0.715. The number of ether oxygens (including phenoxy) is 3. The molecule has 1 amide bonds. The first-order valence-electron chi connectivity index (χ1n) is 6.83. The molecule has 8 heteroatoms. The summed E-state index contributed by atoms with van der Waals surface area (Å²) < 4.78 is 16.0. The third-order valence-electron chi connectivity index (χ3n) is 2.70. The summed E-state index contributed by atoms with van der Waals surface area (Å²) in [7, 11) is 0. The number of rotatable bonds is 4. The monoisotopic (exact) mass is 310 g/mol. The Hall–Kier alpha value is -2.51. The lowest BCUT2D eigenvalue weighted by molar-refractivity contribution is -0.384. The number of nitrogens with one attached hydrogen (secondary N) is 1. The second kappa shape index (κ2) is 6.08. The van der Waals surface area contributed by atoms with Crippen LogP contribution in [0, 0.1) is 10.1 Å². The number of nitro groups is 1. The highest BCUT2D eigenvalue weighted by Gasteiger charge is 2.26. The first kappa shape index (κ1) is 15.9. The number of hydrogen-bond donors (Lipinski definition) is 1. The lowest BCUT2D eigenvalue weighted by Crippen LogP contribution is -2.35. The highest BCUT2D eigenvalue weighted by Crippen LogP contribution is 2.37. The molecule has 0 saturated carbocycles. The van der Waals surface area contributed by atoms with E-state index >= 15 is 0 Å². The molecule has 120 valence electrons. The SMILES string of the molecule is CC(C)(C)OC(=O)NCCC1Oc2ccc([N+](=O)[O-])cc2O1. The Balaban J connectivity index is 1.80. The third-order valence-corrected chi connectivity index (χ3v) is 2.70. The van der Waals surface area contributed by atoms with Gasteiger partial charge in [0.05, 0.1) is 11.0 Å². The molecule has 8 nitrogen and oxygen atoms in total. The minimum absolute atomic E-state index is 0.0603. The highest BCUT2D eigenvalue weighted by atomic mass is 16.7. The minimum Gasteiger partial charge on any atom is -0.451 e. The van der Waals surface area contributed by atoms with Gasteiger partial charge in [0.15, 0.2) is 11.5 Å². The molecule has 1 N–H and O–H groups in total. The van der Waals surface area contributed by atoms with Crippen LogP contribution in [-0.2, 0) is 4.74 Å².